The molecule has 0 aromatic heterocycles. The van der Waals surface area contributed by atoms with Crippen molar-refractivity contribution in [3.8, 4) is 0 Å². The van der Waals surface area contributed by atoms with Gasteiger partial charge in [0.05, 0.1) is 0 Å². The summed E-state index contributed by atoms with van der Waals surface area (Å²) in [6.45, 7) is 4.03. The fourth-order valence-corrected chi connectivity index (χ4v) is 1.56. The van der Waals surface area contributed by atoms with Crippen LogP contribution < -0.4 is 0 Å². The summed E-state index contributed by atoms with van der Waals surface area (Å²) in [5, 5.41) is 0. The van der Waals surface area contributed by atoms with Crippen molar-refractivity contribution >= 4 is 8.03 Å². The van der Waals surface area contributed by atoms with Gasteiger partial charge in [-0.25, -0.2) is 0 Å². The molecular formula is C9H20O2P+. The standard InChI is InChI=1S/C9H19O2P/c1-3-4-5-6-7-8-9(2)12(10)11/h9H,3-8H2,1-2H3/p+1. The minimum Gasteiger partial charge on any atom is -0.161 e. The van der Waals surface area contributed by atoms with Crippen LogP contribution in [0.5, 0.6) is 0 Å². The van der Waals surface area contributed by atoms with Crippen LogP contribution in [0.1, 0.15) is 52.4 Å². The first kappa shape index (κ1) is 12.1. The van der Waals surface area contributed by atoms with Gasteiger partial charge in [-0.05, 0) is 24.3 Å². The Labute approximate surface area is 76.2 Å². The molecule has 0 radical (unpaired) electrons. The predicted molar refractivity (Wildman–Crippen MR) is 52.7 cm³/mol. The van der Waals surface area contributed by atoms with Crippen LogP contribution in [-0.4, -0.2) is 10.6 Å². The Kier molecular flexibility index (Phi) is 7.73. The lowest BCUT2D eigenvalue weighted by molar-refractivity contribution is 0.482. The summed E-state index contributed by atoms with van der Waals surface area (Å²) < 4.78 is 10.6. The predicted octanol–water partition coefficient (Wildman–Crippen LogP) is 3.47. The van der Waals surface area contributed by atoms with Crippen molar-refractivity contribution in [2.24, 2.45) is 0 Å². The Balaban J connectivity index is 3.14. The van der Waals surface area contributed by atoms with Gasteiger partial charge in [0.1, 0.15) is 0 Å². The second-order valence-corrected chi connectivity index (χ2v) is 4.84. The molecule has 0 saturated heterocycles. The first-order valence-corrected chi connectivity index (χ1v) is 6.12. The van der Waals surface area contributed by atoms with Crippen LogP contribution in [0.3, 0.4) is 0 Å². The maximum Gasteiger partial charge on any atom is 0.508 e. The second kappa shape index (κ2) is 7.70. The van der Waals surface area contributed by atoms with E-state index in [-0.39, 0.29) is 5.66 Å². The molecular weight excluding hydrogens is 171 g/mol. The Hall–Kier alpha value is 0.0600. The van der Waals surface area contributed by atoms with Crippen molar-refractivity contribution in [1.29, 1.82) is 0 Å². The van der Waals surface area contributed by atoms with Crippen LogP contribution in [0.4, 0.5) is 0 Å². The first-order valence-electron chi connectivity index (χ1n) is 4.83. The van der Waals surface area contributed by atoms with E-state index in [2.05, 4.69) is 6.92 Å². The molecule has 0 saturated carbocycles. The summed E-state index contributed by atoms with van der Waals surface area (Å²) in [5.41, 5.74) is -0.0124. The molecule has 0 spiro atoms. The molecule has 0 fully saturated rings. The average molecular weight is 191 g/mol. The smallest absolute Gasteiger partial charge is 0.161 e. The molecule has 0 heterocycles. The van der Waals surface area contributed by atoms with Crippen molar-refractivity contribution in [2.45, 2.75) is 58.0 Å². The maximum absolute atomic E-state index is 10.6. The Morgan fingerprint density at radius 3 is 2.33 bits per heavy atom. The summed E-state index contributed by atoms with van der Waals surface area (Å²) in [6, 6.07) is 0. The molecule has 12 heavy (non-hydrogen) atoms. The van der Waals surface area contributed by atoms with Crippen LogP contribution in [0.2, 0.25) is 0 Å². The van der Waals surface area contributed by atoms with Gasteiger partial charge in [-0.15, -0.1) is 0 Å². The summed E-state index contributed by atoms with van der Waals surface area (Å²) >= 11 is 0. The molecule has 0 aliphatic rings. The molecule has 0 aromatic rings. The summed E-state index contributed by atoms with van der Waals surface area (Å²) in [6.07, 6.45) is 7.02. The Bertz CT molecular complexity index is 126. The largest absolute Gasteiger partial charge is 0.508 e. The molecule has 72 valence electrons. The summed E-state index contributed by atoms with van der Waals surface area (Å²) in [4.78, 5) is 8.73. The molecule has 2 atom stereocenters. The minimum atomic E-state index is -1.94. The second-order valence-electron chi connectivity index (χ2n) is 3.35. The number of rotatable bonds is 7. The molecule has 0 bridgehead atoms. The van der Waals surface area contributed by atoms with Crippen molar-refractivity contribution in [3.05, 3.63) is 0 Å². The normalized spacial score (nSPS) is 14.4. The molecule has 1 N–H and O–H groups in total. The van der Waals surface area contributed by atoms with Gasteiger partial charge in [0.15, 0.2) is 5.66 Å². The molecule has 2 unspecified atom stereocenters. The van der Waals surface area contributed by atoms with Crippen LogP contribution >= 0.6 is 8.03 Å². The van der Waals surface area contributed by atoms with Gasteiger partial charge < -0.3 is 0 Å². The van der Waals surface area contributed by atoms with Crippen LogP contribution in [0.25, 0.3) is 0 Å². The molecule has 0 aliphatic carbocycles. The zero-order valence-corrected chi connectivity index (χ0v) is 9.02. The van der Waals surface area contributed by atoms with E-state index in [1.165, 1.54) is 25.7 Å². The topological polar surface area (TPSA) is 37.3 Å². The molecule has 2 nitrogen and oxygen atoms in total. The van der Waals surface area contributed by atoms with Crippen LogP contribution in [0, 0.1) is 0 Å². The van der Waals surface area contributed by atoms with Gasteiger partial charge in [0.25, 0.3) is 0 Å². The van der Waals surface area contributed by atoms with Crippen LogP contribution in [-0.2, 0) is 4.57 Å². The molecule has 0 rings (SSSR count). The number of hydrogen-bond acceptors (Lipinski definition) is 1. The Morgan fingerprint density at radius 2 is 1.83 bits per heavy atom. The highest BCUT2D eigenvalue weighted by atomic mass is 31.1. The van der Waals surface area contributed by atoms with Crippen molar-refractivity contribution in [3.63, 3.8) is 0 Å². The fourth-order valence-electron chi connectivity index (χ4n) is 1.15. The number of unbranched alkanes of at least 4 members (excludes halogenated alkanes) is 4. The van der Waals surface area contributed by atoms with E-state index in [1.807, 2.05) is 6.92 Å². The van der Waals surface area contributed by atoms with E-state index >= 15 is 0 Å². The lowest BCUT2D eigenvalue weighted by Gasteiger charge is -1.98. The summed E-state index contributed by atoms with van der Waals surface area (Å²) in [7, 11) is -1.94. The lowest BCUT2D eigenvalue weighted by atomic mass is 10.1. The van der Waals surface area contributed by atoms with Crippen molar-refractivity contribution in [1.82, 2.24) is 0 Å². The van der Waals surface area contributed by atoms with E-state index in [9.17, 15) is 4.57 Å². The highest BCUT2D eigenvalue weighted by Crippen LogP contribution is 2.26. The van der Waals surface area contributed by atoms with Crippen molar-refractivity contribution < 1.29 is 9.46 Å². The van der Waals surface area contributed by atoms with Gasteiger partial charge in [-0.3, -0.25) is 0 Å². The van der Waals surface area contributed by atoms with Gasteiger partial charge in [-0.2, -0.15) is 4.89 Å². The molecule has 0 aromatic carbocycles. The quantitative estimate of drug-likeness (QED) is 0.494. The molecule has 0 aliphatic heterocycles. The van der Waals surface area contributed by atoms with E-state index in [1.54, 1.807) is 0 Å². The molecule has 0 amide bonds. The van der Waals surface area contributed by atoms with Crippen LogP contribution in [0.15, 0.2) is 0 Å². The average Bonchev–Trinajstić information content (AvgIpc) is 2.03. The lowest BCUT2D eigenvalue weighted by Crippen LogP contribution is -1.94. The number of hydrogen-bond donors (Lipinski definition) is 1. The minimum absolute atomic E-state index is 0.0124. The SMILES string of the molecule is CCCCCCCC(C)[P+](=O)O. The van der Waals surface area contributed by atoms with Gasteiger partial charge in [0, 0.05) is 0 Å². The Morgan fingerprint density at radius 1 is 1.25 bits per heavy atom. The maximum atomic E-state index is 10.6. The molecule has 3 heteroatoms. The van der Waals surface area contributed by atoms with E-state index in [0.29, 0.717) is 0 Å². The fraction of sp³-hybridized carbons (Fsp3) is 1.00. The van der Waals surface area contributed by atoms with Gasteiger partial charge in [0.2, 0.25) is 0 Å². The van der Waals surface area contributed by atoms with E-state index < -0.39 is 8.03 Å². The highest BCUT2D eigenvalue weighted by Gasteiger charge is 2.21. The third-order valence-corrected chi connectivity index (χ3v) is 3.11. The highest BCUT2D eigenvalue weighted by molar-refractivity contribution is 7.38. The van der Waals surface area contributed by atoms with Gasteiger partial charge >= 0.3 is 8.03 Å². The van der Waals surface area contributed by atoms with E-state index in [0.717, 1.165) is 12.8 Å². The third-order valence-electron chi connectivity index (χ3n) is 2.10. The zero-order valence-electron chi connectivity index (χ0n) is 8.12. The third kappa shape index (κ3) is 6.75. The zero-order chi connectivity index (χ0) is 9.40. The monoisotopic (exact) mass is 191 g/mol. The van der Waals surface area contributed by atoms with Gasteiger partial charge in [-0.1, -0.05) is 32.6 Å². The summed E-state index contributed by atoms with van der Waals surface area (Å²) in [5.74, 6) is 0. The van der Waals surface area contributed by atoms with E-state index in [4.69, 9.17) is 4.89 Å². The first-order chi connectivity index (χ1) is 5.68. The van der Waals surface area contributed by atoms with Crippen molar-refractivity contribution in [2.75, 3.05) is 0 Å².